The second-order valence-corrected chi connectivity index (χ2v) is 6.46. The van der Waals surface area contributed by atoms with Crippen molar-refractivity contribution in [3.05, 3.63) is 50.1 Å². The molecule has 0 saturated carbocycles. The second-order valence-electron chi connectivity index (χ2n) is 4.55. The van der Waals surface area contributed by atoms with E-state index in [1.165, 1.54) is 4.88 Å². The summed E-state index contributed by atoms with van der Waals surface area (Å²) in [5.74, 6) is -0.858. The van der Waals surface area contributed by atoms with Gasteiger partial charge in [0.05, 0.1) is 12.1 Å². The molecule has 0 spiro atoms. The van der Waals surface area contributed by atoms with Crippen molar-refractivity contribution in [1.29, 1.82) is 0 Å². The van der Waals surface area contributed by atoms with Crippen molar-refractivity contribution in [3.63, 3.8) is 0 Å². The first kappa shape index (κ1) is 12.7. The quantitative estimate of drug-likeness (QED) is 0.926. The van der Waals surface area contributed by atoms with E-state index in [0.29, 0.717) is 5.56 Å². The lowest BCUT2D eigenvalue weighted by molar-refractivity contribution is 0.0697. The van der Waals surface area contributed by atoms with Gasteiger partial charge in [0.25, 0.3) is 0 Å². The Morgan fingerprint density at radius 3 is 2.95 bits per heavy atom. The van der Waals surface area contributed by atoms with Gasteiger partial charge in [-0.05, 0) is 52.2 Å². The highest BCUT2D eigenvalue weighted by Gasteiger charge is 2.20. The SMILES string of the molecule is O=C(O)c1ccc2c(c1)CCN2Cc1cc(Br)cs1. The van der Waals surface area contributed by atoms with E-state index in [1.807, 2.05) is 6.07 Å². The van der Waals surface area contributed by atoms with Crippen LogP contribution in [-0.2, 0) is 13.0 Å². The van der Waals surface area contributed by atoms with Crippen LogP contribution in [0.5, 0.6) is 0 Å². The normalized spacial score (nSPS) is 13.6. The largest absolute Gasteiger partial charge is 0.478 e. The summed E-state index contributed by atoms with van der Waals surface area (Å²) in [6.45, 7) is 1.84. The minimum absolute atomic E-state index is 0.375. The Balaban J connectivity index is 1.84. The van der Waals surface area contributed by atoms with E-state index in [-0.39, 0.29) is 0 Å². The maximum Gasteiger partial charge on any atom is 0.335 e. The molecule has 98 valence electrons. The van der Waals surface area contributed by atoms with Crippen molar-refractivity contribution in [3.8, 4) is 0 Å². The smallest absolute Gasteiger partial charge is 0.335 e. The van der Waals surface area contributed by atoms with Gasteiger partial charge in [-0.1, -0.05) is 0 Å². The van der Waals surface area contributed by atoms with Crippen LogP contribution in [0, 0.1) is 0 Å². The van der Waals surface area contributed by atoms with E-state index < -0.39 is 5.97 Å². The Bertz CT molecular complexity index is 638. The van der Waals surface area contributed by atoms with Gasteiger partial charge >= 0.3 is 5.97 Å². The number of fused-ring (bicyclic) bond motifs is 1. The predicted molar refractivity (Wildman–Crippen MR) is 80.2 cm³/mol. The molecule has 2 aromatic rings. The van der Waals surface area contributed by atoms with Gasteiger partial charge in [-0.3, -0.25) is 0 Å². The van der Waals surface area contributed by atoms with Gasteiger partial charge < -0.3 is 10.0 Å². The standard InChI is InChI=1S/C14H12BrNO2S/c15-11-6-12(19-8-11)7-16-4-3-9-5-10(14(17)18)1-2-13(9)16/h1-2,5-6,8H,3-4,7H2,(H,17,18). The molecule has 1 aliphatic rings. The molecule has 0 unspecified atom stereocenters. The molecule has 3 nitrogen and oxygen atoms in total. The third-order valence-corrected chi connectivity index (χ3v) is 4.97. The summed E-state index contributed by atoms with van der Waals surface area (Å²) in [5, 5.41) is 11.1. The van der Waals surface area contributed by atoms with E-state index in [1.54, 1.807) is 23.5 Å². The topological polar surface area (TPSA) is 40.5 Å². The fourth-order valence-electron chi connectivity index (χ4n) is 2.39. The average molecular weight is 338 g/mol. The monoisotopic (exact) mass is 337 g/mol. The molecule has 2 heterocycles. The third kappa shape index (κ3) is 2.53. The Morgan fingerprint density at radius 2 is 2.26 bits per heavy atom. The second kappa shape index (κ2) is 4.98. The van der Waals surface area contributed by atoms with Gasteiger partial charge in [-0.2, -0.15) is 0 Å². The number of carboxylic acids is 1. The maximum atomic E-state index is 11.0. The molecule has 0 bridgehead atoms. The number of nitrogens with zero attached hydrogens (tertiary/aromatic N) is 1. The number of thiophene rings is 1. The predicted octanol–water partition coefficient (Wildman–Crippen LogP) is 3.77. The van der Waals surface area contributed by atoms with Crippen LogP contribution in [-0.4, -0.2) is 17.6 Å². The lowest BCUT2D eigenvalue weighted by Gasteiger charge is -2.18. The minimum atomic E-state index is -0.858. The molecule has 1 aromatic carbocycles. The number of hydrogen-bond acceptors (Lipinski definition) is 3. The van der Waals surface area contributed by atoms with Crippen molar-refractivity contribution in [2.75, 3.05) is 11.4 Å². The van der Waals surface area contributed by atoms with Gasteiger partial charge in [-0.25, -0.2) is 4.79 Å². The number of hydrogen-bond donors (Lipinski definition) is 1. The number of halogens is 1. The minimum Gasteiger partial charge on any atom is -0.478 e. The molecule has 5 heteroatoms. The summed E-state index contributed by atoms with van der Waals surface area (Å²) in [5.41, 5.74) is 2.67. The molecule has 0 fully saturated rings. The van der Waals surface area contributed by atoms with Gasteiger partial charge in [0, 0.05) is 27.0 Å². The summed E-state index contributed by atoms with van der Waals surface area (Å²) in [7, 11) is 0. The molecule has 1 N–H and O–H groups in total. The molecule has 0 saturated heterocycles. The van der Waals surface area contributed by atoms with E-state index in [2.05, 4.69) is 32.3 Å². The van der Waals surface area contributed by atoms with Crippen molar-refractivity contribution < 1.29 is 9.90 Å². The number of anilines is 1. The van der Waals surface area contributed by atoms with E-state index >= 15 is 0 Å². The van der Waals surface area contributed by atoms with Crippen LogP contribution in [0.1, 0.15) is 20.8 Å². The first-order chi connectivity index (χ1) is 9.13. The fourth-order valence-corrected chi connectivity index (χ4v) is 3.86. The fraction of sp³-hybridized carbons (Fsp3) is 0.214. The van der Waals surface area contributed by atoms with Crippen molar-refractivity contribution in [2.45, 2.75) is 13.0 Å². The molecule has 1 aromatic heterocycles. The lowest BCUT2D eigenvalue weighted by atomic mass is 10.1. The highest BCUT2D eigenvalue weighted by Crippen LogP contribution is 2.31. The number of aromatic carboxylic acids is 1. The first-order valence-electron chi connectivity index (χ1n) is 5.97. The average Bonchev–Trinajstić information content (AvgIpc) is 2.96. The van der Waals surface area contributed by atoms with Crippen LogP contribution in [0.3, 0.4) is 0 Å². The molecular formula is C14H12BrNO2S. The molecule has 0 amide bonds. The molecule has 3 rings (SSSR count). The molecule has 0 radical (unpaired) electrons. The maximum absolute atomic E-state index is 11.0. The van der Waals surface area contributed by atoms with Crippen LogP contribution in [0.2, 0.25) is 0 Å². The summed E-state index contributed by atoms with van der Waals surface area (Å²) < 4.78 is 1.12. The van der Waals surface area contributed by atoms with Crippen LogP contribution >= 0.6 is 27.3 Å². The highest BCUT2D eigenvalue weighted by atomic mass is 79.9. The first-order valence-corrected chi connectivity index (χ1v) is 7.65. The zero-order chi connectivity index (χ0) is 13.4. The van der Waals surface area contributed by atoms with Crippen LogP contribution in [0.4, 0.5) is 5.69 Å². The summed E-state index contributed by atoms with van der Waals surface area (Å²) in [6.07, 6.45) is 0.920. The highest BCUT2D eigenvalue weighted by molar-refractivity contribution is 9.10. The Hall–Kier alpha value is -1.33. The lowest BCUT2D eigenvalue weighted by Crippen LogP contribution is -2.18. The zero-order valence-corrected chi connectivity index (χ0v) is 12.5. The molecule has 1 aliphatic heterocycles. The number of carboxylic acid groups (broad SMARTS) is 1. The number of rotatable bonds is 3. The van der Waals surface area contributed by atoms with Crippen molar-refractivity contribution in [1.82, 2.24) is 0 Å². The Morgan fingerprint density at radius 1 is 1.42 bits per heavy atom. The van der Waals surface area contributed by atoms with Crippen LogP contribution in [0.25, 0.3) is 0 Å². The number of benzene rings is 1. The summed E-state index contributed by atoms with van der Waals surface area (Å²) in [6, 6.07) is 7.54. The van der Waals surface area contributed by atoms with Crippen molar-refractivity contribution >= 4 is 38.9 Å². The van der Waals surface area contributed by atoms with Gasteiger partial charge in [-0.15, -0.1) is 11.3 Å². The van der Waals surface area contributed by atoms with Crippen LogP contribution < -0.4 is 4.90 Å². The Kier molecular flexibility index (Phi) is 3.33. The molecule has 19 heavy (non-hydrogen) atoms. The van der Waals surface area contributed by atoms with Crippen molar-refractivity contribution in [2.24, 2.45) is 0 Å². The van der Waals surface area contributed by atoms with E-state index in [9.17, 15) is 4.79 Å². The Labute approximate surface area is 123 Å². The van der Waals surface area contributed by atoms with Crippen LogP contribution in [0.15, 0.2) is 34.1 Å². The number of carbonyl (C=O) groups is 1. The van der Waals surface area contributed by atoms with Gasteiger partial charge in [0.2, 0.25) is 0 Å². The zero-order valence-electron chi connectivity index (χ0n) is 10.1. The van der Waals surface area contributed by atoms with E-state index in [4.69, 9.17) is 5.11 Å². The molecule has 0 aliphatic carbocycles. The third-order valence-electron chi connectivity index (χ3n) is 3.29. The van der Waals surface area contributed by atoms with Gasteiger partial charge in [0.15, 0.2) is 0 Å². The van der Waals surface area contributed by atoms with Gasteiger partial charge in [0.1, 0.15) is 0 Å². The van der Waals surface area contributed by atoms with E-state index in [0.717, 1.165) is 35.2 Å². The molecule has 0 atom stereocenters. The summed E-state index contributed by atoms with van der Waals surface area (Å²) >= 11 is 5.20. The molecular weight excluding hydrogens is 326 g/mol. The summed E-state index contributed by atoms with van der Waals surface area (Å²) in [4.78, 5) is 14.6.